The third kappa shape index (κ3) is 18.5. The van der Waals surface area contributed by atoms with Crippen LogP contribution in [-0.4, -0.2) is 94.3 Å². The number of rotatable bonds is 10. The van der Waals surface area contributed by atoms with Gasteiger partial charge in [0.15, 0.2) is 23.0 Å². The summed E-state index contributed by atoms with van der Waals surface area (Å²) in [4.78, 5) is 66.8. The number of halogens is 6. The third-order valence-electron chi connectivity index (χ3n) is 20.9. The van der Waals surface area contributed by atoms with Gasteiger partial charge in [0.1, 0.15) is 58.2 Å². The van der Waals surface area contributed by atoms with Gasteiger partial charge in [-0.15, -0.1) is 0 Å². The molecule has 0 bridgehead atoms. The number of fused-ring (bicyclic) bond motifs is 5. The van der Waals surface area contributed by atoms with Crippen LogP contribution in [0.15, 0.2) is 250 Å². The first-order valence-electron chi connectivity index (χ1n) is 39.9. The number of pyridine rings is 5. The Kier molecular flexibility index (Phi) is 25.3. The second-order valence-corrected chi connectivity index (χ2v) is 31.9. The summed E-state index contributed by atoms with van der Waals surface area (Å²) in [7, 11) is 3.67. The molecule has 8 aromatic carbocycles. The van der Waals surface area contributed by atoms with Crippen molar-refractivity contribution in [1.82, 2.24) is 94.3 Å². The van der Waals surface area contributed by atoms with Crippen LogP contribution in [0.25, 0.3) is 167 Å². The van der Waals surface area contributed by atoms with Crippen molar-refractivity contribution in [2.24, 2.45) is 14.1 Å². The van der Waals surface area contributed by atoms with Crippen molar-refractivity contribution in [2.45, 2.75) is 34.6 Å². The van der Waals surface area contributed by atoms with Crippen LogP contribution in [0, 0.1) is 63.1 Å². The number of anilines is 5. The molecule has 0 radical (unpaired) electrons. The Morgan fingerprint density at radius 1 is 0.292 bits per heavy atom. The molecule has 12 aromatic heterocycles. The Balaban J connectivity index is 0.000000119. The standard InChI is InChI=1S/C21H14ClN5.C20H14ClFN4.C20H15ClN4.C19H14ClN7.C18H15ClN6/c1-12-9-14(10-15-16(22)7-8-25-18(12)15)20-19(13-5-3-2-4-6-13)27-21(24)17(11-23)26-20;1-11-6-7-24-20-15(11)8-13(9-16(20)21)18-19(26-17(23)10-25-18)12-2-4-14(22)5-3-12;1-12-9-14(10-15-16(21)7-8-23-18(12)15)19-20(25-17(22)11-24-19)13-5-3-2-4-6-13;1-10-7-11(8-12-13(20)3-5-23-16(10)12)17-18(14-4-6-27(2)26-14)25-19(22)15(9-21)24-17;1-10-7-11(8-12-13(19)3-5-21-16(10)12)17-18(23-15(20)9-22-17)14-4-6-25(2)24-14/h2-10H,1H3,(H2,24,27);2-10H,1H3,(H2,23,26);2-11H,1H3,(H2,22,25);3-8H,1-2H3,(H2,22,25);3-9H,1-2H3,(H2,20,23). The van der Waals surface area contributed by atoms with Gasteiger partial charge in [-0.3, -0.25) is 49.2 Å². The van der Waals surface area contributed by atoms with E-state index in [9.17, 15) is 14.9 Å². The molecule has 0 saturated carbocycles. The SMILES string of the molecule is Cc1cc(-c2nc(C#N)c(N)nc2-c2ccccc2)cc2c(Cl)ccnc12.Cc1cc(-c2nc(C#N)c(N)nc2-c2ccn(C)n2)cc2c(Cl)ccnc12.Cc1cc(-c2ncc(N)nc2-c2ccccc2)cc2c(Cl)ccnc12.Cc1cc(-c2ncc(N)nc2-c2ccn(C)n2)cc2c(Cl)ccnc12.Cc1ccnc2c(Cl)cc(-c3ncc(N)nc3-c3ccc(F)cc3)cc12. The number of nitrogens with two attached hydrogens (primary N) is 5. The van der Waals surface area contributed by atoms with Gasteiger partial charge in [0.25, 0.3) is 0 Å². The van der Waals surface area contributed by atoms with Gasteiger partial charge >= 0.3 is 0 Å². The zero-order valence-electron chi connectivity index (χ0n) is 70.2. The largest absolute Gasteiger partial charge is 0.382 e. The molecule has 0 aliphatic heterocycles. The smallest absolute Gasteiger partial charge is 0.183 e. The van der Waals surface area contributed by atoms with E-state index >= 15 is 0 Å². The zero-order chi connectivity index (χ0) is 91.3. The topological polar surface area (TPSA) is 407 Å². The molecule has 130 heavy (non-hydrogen) atoms. The van der Waals surface area contributed by atoms with Crippen LogP contribution in [0.4, 0.5) is 33.5 Å². The van der Waals surface area contributed by atoms with Gasteiger partial charge in [-0.2, -0.15) is 20.7 Å². The molecule has 20 aromatic rings. The molecular formula is C98H72Cl5FN26. The highest BCUT2D eigenvalue weighted by Gasteiger charge is 2.24. The molecule has 32 heteroatoms. The van der Waals surface area contributed by atoms with Crippen LogP contribution in [0.3, 0.4) is 0 Å². The van der Waals surface area contributed by atoms with Gasteiger partial charge in [-0.1, -0.05) is 119 Å². The van der Waals surface area contributed by atoms with E-state index in [0.717, 1.165) is 138 Å². The number of nitrogen functional groups attached to an aromatic ring is 5. The van der Waals surface area contributed by atoms with E-state index < -0.39 is 0 Å². The fourth-order valence-corrected chi connectivity index (χ4v) is 15.8. The lowest BCUT2D eigenvalue weighted by atomic mass is 9.99. The maximum Gasteiger partial charge on any atom is 0.183 e. The number of aryl methyl sites for hydroxylation is 7. The third-order valence-corrected chi connectivity index (χ3v) is 22.5. The van der Waals surface area contributed by atoms with Crippen molar-refractivity contribution in [3.63, 3.8) is 0 Å². The Morgan fingerprint density at radius 2 is 0.600 bits per heavy atom. The molecule has 0 atom stereocenters. The maximum absolute atomic E-state index is 13.3. The summed E-state index contributed by atoms with van der Waals surface area (Å²) < 4.78 is 16.7. The van der Waals surface area contributed by atoms with E-state index in [1.807, 2.05) is 207 Å². The minimum Gasteiger partial charge on any atom is -0.382 e. The van der Waals surface area contributed by atoms with E-state index in [2.05, 4.69) is 91.0 Å². The number of nitrogens with zero attached hydrogens (tertiary/aromatic N) is 21. The Bertz CT molecular complexity index is 7910. The molecule has 0 aliphatic carbocycles. The van der Waals surface area contributed by atoms with Crippen LogP contribution >= 0.6 is 58.0 Å². The highest BCUT2D eigenvalue weighted by atomic mass is 35.5. The molecule has 0 amide bonds. The molecule has 10 N–H and O–H groups in total. The normalized spacial score (nSPS) is 10.9. The van der Waals surface area contributed by atoms with Gasteiger partial charge < -0.3 is 28.7 Å². The lowest BCUT2D eigenvalue weighted by Crippen LogP contribution is -2.04. The summed E-state index contributed by atoms with van der Waals surface area (Å²) in [6.45, 7) is 9.93. The lowest BCUT2D eigenvalue weighted by Gasteiger charge is -2.12. The van der Waals surface area contributed by atoms with Gasteiger partial charge in [-0.25, -0.2) is 39.3 Å². The summed E-state index contributed by atoms with van der Waals surface area (Å²) in [5.74, 6) is 0.887. The highest BCUT2D eigenvalue weighted by Crippen LogP contribution is 2.42. The van der Waals surface area contributed by atoms with Crippen molar-refractivity contribution in [3.8, 4) is 125 Å². The van der Waals surface area contributed by atoms with Gasteiger partial charge in [0.05, 0.1) is 117 Å². The molecule has 0 spiro atoms. The fourth-order valence-electron chi connectivity index (χ4n) is 14.8. The molecule has 26 nitrogen and oxygen atoms in total. The predicted octanol–water partition coefficient (Wildman–Crippen LogP) is 21.9. The average molecular weight is 1810 g/mol. The molecule has 0 saturated heterocycles. The van der Waals surface area contributed by atoms with Gasteiger partial charge in [-0.05, 0) is 190 Å². The van der Waals surface area contributed by atoms with E-state index in [4.69, 9.17) is 86.7 Å². The first-order valence-corrected chi connectivity index (χ1v) is 41.8. The van der Waals surface area contributed by atoms with Crippen molar-refractivity contribution in [3.05, 3.63) is 320 Å². The van der Waals surface area contributed by atoms with E-state index in [1.54, 1.807) is 89.1 Å². The first kappa shape index (κ1) is 87.5. The molecule has 0 fully saturated rings. The van der Waals surface area contributed by atoms with Crippen LogP contribution in [0.5, 0.6) is 0 Å². The molecule has 12 heterocycles. The molecule has 636 valence electrons. The van der Waals surface area contributed by atoms with E-state index in [-0.39, 0.29) is 34.7 Å². The Labute approximate surface area is 768 Å². The summed E-state index contributed by atoms with van der Waals surface area (Å²) in [6, 6.07) is 61.9. The zero-order valence-corrected chi connectivity index (χ0v) is 74.0. The van der Waals surface area contributed by atoms with Crippen LogP contribution < -0.4 is 28.7 Å². The van der Waals surface area contributed by atoms with Crippen molar-refractivity contribution in [2.75, 3.05) is 28.7 Å². The number of hydrogen-bond acceptors (Lipinski definition) is 24. The van der Waals surface area contributed by atoms with Crippen LogP contribution in [0.2, 0.25) is 25.1 Å². The minimum atomic E-state index is -0.317. The average Bonchev–Trinajstić information content (AvgIpc) is 1.23. The highest BCUT2D eigenvalue weighted by molar-refractivity contribution is 6.37. The number of nitriles is 2. The summed E-state index contributed by atoms with van der Waals surface area (Å²) in [6.07, 6.45) is 16.8. The maximum atomic E-state index is 13.3. The Morgan fingerprint density at radius 3 is 0.985 bits per heavy atom. The van der Waals surface area contributed by atoms with Crippen molar-refractivity contribution < 1.29 is 4.39 Å². The molecule has 0 aliphatic rings. The molecular weight excluding hydrogens is 1740 g/mol. The lowest BCUT2D eigenvalue weighted by molar-refractivity contribution is 0.628. The minimum absolute atomic E-state index is 0.0686. The second kappa shape index (κ2) is 37.7. The molecule has 20 rings (SSSR count). The quantitative estimate of drug-likeness (QED) is 0.0849. The van der Waals surface area contributed by atoms with Crippen molar-refractivity contribution >= 4 is 142 Å². The van der Waals surface area contributed by atoms with Crippen molar-refractivity contribution in [1.29, 1.82) is 10.5 Å². The van der Waals surface area contributed by atoms with Crippen LogP contribution in [-0.2, 0) is 14.1 Å². The monoisotopic (exact) mass is 1810 g/mol. The van der Waals surface area contributed by atoms with E-state index in [1.165, 1.54) is 18.3 Å². The Hall–Kier alpha value is -16.0. The molecule has 0 unspecified atom stereocenters. The number of benzene rings is 8. The summed E-state index contributed by atoms with van der Waals surface area (Å²) >= 11 is 31.9. The number of aromatic nitrogens is 19. The fraction of sp³-hybridized carbons (Fsp3) is 0.0714. The first-order chi connectivity index (χ1) is 62.7. The predicted molar refractivity (Wildman–Crippen MR) is 515 cm³/mol. The summed E-state index contributed by atoms with van der Waals surface area (Å²) in [5, 5.41) is 34.9. The number of hydrogen-bond donors (Lipinski definition) is 5. The van der Waals surface area contributed by atoms with Gasteiger partial charge in [0.2, 0.25) is 0 Å². The van der Waals surface area contributed by atoms with Gasteiger partial charge in [0, 0.05) is 129 Å². The summed E-state index contributed by atoms with van der Waals surface area (Å²) in [5.41, 5.74) is 53.1. The second-order valence-electron chi connectivity index (χ2n) is 29.9. The van der Waals surface area contributed by atoms with Crippen LogP contribution in [0.1, 0.15) is 39.2 Å². The van der Waals surface area contributed by atoms with E-state index in [0.29, 0.717) is 93.7 Å².